The molecule has 32 heavy (non-hydrogen) atoms. The molecule has 6 nitrogen and oxygen atoms in total. The molecule has 7 heteroatoms. The molecule has 0 spiro atoms. The van der Waals surface area contributed by atoms with E-state index in [4.69, 9.17) is 9.15 Å². The highest BCUT2D eigenvalue weighted by Gasteiger charge is 2.13. The molecule has 0 amide bonds. The molecular weight excluding hydrogens is 422 g/mol. The Hall–Kier alpha value is -3.06. The van der Waals surface area contributed by atoms with E-state index in [1.165, 1.54) is 17.3 Å². The number of rotatable bonds is 7. The fourth-order valence-corrected chi connectivity index (χ4v) is 4.50. The van der Waals surface area contributed by atoms with E-state index in [0.29, 0.717) is 34.8 Å². The quantitative estimate of drug-likeness (QED) is 0.282. The SMILES string of the molecule is Cc1ccc(C)c(OCc2nc(SCc3cc(=O)oc4cc(C)c(C(C)C)cc34)n[nH]2)c1. The molecule has 2 heterocycles. The van der Waals surface area contributed by atoms with Crippen molar-refractivity contribution in [2.75, 3.05) is 0 Å². The number of thioether (sulfide) groups is 1. The van der Waals surface area contributed by atoms with Gasteiger partial charge in [-0.25, -0.2) is 9.78 Å². The number of nitrogens with zero attached hydrogens (tertiary/aromatic N) is 2. The topological polar surface area (TPSA) is 81.0 Å². The summed E-state index contributed by atoms with van der Waals surface area (Å²) in [6.07, 6.45) is 0. The minimum atomic E-state index is -0.345. The van der Waals surface area contributed by atoms with Crippen LogP contribution in [-0.2, 0) is 12.4 Å². The molecule has 0 saturated carbocycles. The van der Waals surface area contributed by atoms with E-state index < -0.39 is 0 Å². The van der Waals surface area contributed by atoms with E-state index in [1.807, 2.05) is 39.0 Å². The van der Waals surface area contributed by atoms with E-state index in [2.05, 4.69) is 41.2 Å². The molecule has 0 aliphatic heterocycles. The van der Waals surface area contributed by atoms with Crippen molar-refractivity contribution < 1.29 is 9.15 Å². The zero-order valence-electron chi connectivity index (χ0n) is 19.0. The van der Waals surface area contributed by atoms with Gasteiger partial charge >= 0.3 is 5.63 Å². The van der Waals surface area contributed by atoms with Crippen LogP contribution in [0.1, 0.15) is 53.4 Å². The summed E-state index contributed by atoms with van der Waals surface area (Å²) in [6.45, 7) is 10.7. The third-order valence-electron chi connectivity index (χ3n) is 5.41. The molecule has 0 aliphatic rings. The summed E-state index contributed by atoms with van der Waals surface area (Å²) in [4.78, 5) is 16.6. The molecule has 166 valence electrons. The van der Waals surface area contributed by atoms with Crippen LogP contribution in [0, 0.1) is 20.8 Å². The zero-order valence-corrected chi connectivity index (χ0v) is 19.8. The lowest BCUT2D eigenvalue weighted by molar-refractivity contribution is 0.294. The molecule has 4 rings (SSSR count). The molecule has 4 aromatic rings. The fraction of sp³-hybridized carbons (Fsp3) is 0.320. The molecule has 0 atom stereocenters. The van der Waals surface area contributed by atoms with Gasteiger partial charge in [-0.15, -0.1) is 5.10 Å². The number of nitrogens with one attached hydrogen (secondary N) is 1. The Morgan fingerprint density at radius 2 is 1.91 bits per heavy atom. The second kappa shape index (κ2) is 9.20. The van der Waals surface area contributed by atoms with Gasteiger partial charge in [0.15, 0.2) is 5.82 Å². The Bertz CT molecular complexity index is 1320. The van der Waals surface area contributed by atoms with E-state index in [1.54, 1.807) is 6.07 Å². The number of ether oxygens (including phenoxy) is 1. The summed E-state index contributed by atoms with van der Waals surface area (Å²) in [5, 5.41) is 8.80. The van der Waals surface area contributed by atoms with Crippen LogP contribution in [0.2, 0.25) is 0 Å². The summed E-state index contributed by atoms with van der Waals surface area (Å²) in [6, 6.07) is 11.8. The summed E-state index contributed by atoms with van der Waals surface area (Å²) in [5.41, 5.74) is 5.80. The van der Waals surface area contributed by atoms with Crippen molar-refractivity contribution in [1.82, 2.24) is 15.2 Å². The highest BCUT2D eigenvalue weighted by Crippen LogP contribution is 2.29. The number of aryl methyl sites for hydroxylation is 3. The second-order valence-electron chi connectivity index (χ2n) is 8.36. The molecule has 0 fully saturated rings. The summed E-state index contributed by atoms with van der Waals surface area (Å²) < 4.78 is 11.4. The highest BCUT2D eigenvalue weighted by molar-refractivity contribution is 7.98. The van der Waals surface area contributed by atoms with E-state index >= 15 is 0 Å². The van der Waals surface area contributed by atoms with Crippen LogP contribution in [0.5, 0.6) is 5.75 Å². The standard InChI is InChI=1S/C25H27N3O3S/c1-14(2)19-11-20-18(10-24(29)31-22(20)9-17(19)5)13-32-25-26-23(27-28-25)12-30-21-8-15(3)6-7-16(21)4/h6-11,14H,12-13H2,1-5H3,(H,26,27,28). The molecule has 2 aromatic carbocycles. The number of fused-ring (bicyclic) bond motifs is 1. The number of hydrogen-bond acceptors (Lipinski definition) is 6. The van der Waals surface area contributed by atoms with Gasteiger partial charge in [-0.1, -0.05) is 37.7 Å². The molecule has 0 radical (unpaired) electrons. The lowest BCUT2D eigenvalue weighted by Crippen LogP contribution is -2.02. The van der Waals surface area contributed by atoms with Crippen LogP contribution in [0.25, 0.3) is 11.0 Å². The summed E-state index contributed by atoms with van der Waals surface area (Å²) in [5.74, 6) is 2.45. The monoisotopic (exact) mass is 449 g/mol. The Labute approximate surface area is 191 Å². The number of H-pyrrole nitrogens is 1. The molecule has 0 unspecified atom stereocenters. The van der Waals surface area contributed by atoms with Crippen LogP contribution < -0.4 is 10.4 Å². The highest BCUT2D eigenvalue weighted by atomic mass is 32.2. The minimum absolute atomic E-state index is 0.312. The summed E-state index contributed by atoms with van der Waals surface area (Å²) >= 11 is 1.47. The normalized spacial score (nSPS) is 11.4. The zero-order chi connectivity index (χ0) is 22.8. The van der Waals surface area contributed by atoms with Crippen molar-refractivity contribution in [3.05, 3.63) is 80.5 Å². The van der Waals surface area contributed by atoms with Crippen molar-refractivity contribution in [2.45, 2.75) is 58.1 Å². The van der Waals surface area contributed by atoms with Gasteiger partial charge in [0.1, 0.15) is 17.9 Å². The first-order valence-corrected chi connectivity index (χ1v) is 11.6. The smallest absolute Gasteiger partial charge is 0.336 e. The third-order valence-corrected chi connectivity index (χ3v) is 6.31. The summed E-state index contributed by atoms with van der Waals surface area (Å²) in [7, 11) is 0. The van der Waals surface area contributed by atoms with Crippen molar-refractivity contribution in [2.24, 2.45) is 0 Å². The van der Waals surface area contributed by atoms with Crippen LogP contribution in [-0.4, -0.2) is 15.2 Å². The fourth-order valence-electron chi connectivity index (χ4n) is 3.69. The first-order valence-electron chi connectivity index (χ1n) is 10.6. The van der Waals surface area contributed by atoms with E-state index in [0.717, 1.165) is 33.4 Å². The average Bonchev–Trinajstić information content (AvgIpc) is 3.19. The van der Waals surface area contributed by atoms with Crippen molar-refractivity contribution >= 4 is 22.7 Å². The molecule has 2 aromatic heterocycles. The van der Waals surface area contributed by atoms with Crippen molar-refractivity contribution in [3.63, 3.8) is 0 Å². The van der Waals surface area contributed by atoms with Crippen molar-refractivity contribution in [1.29, 1.82) is 0 Å². The van der Waals surface area contributed by atoms with Gasteiger partial charge in [-0.05, 0) is 72.7 Å². The Morgan fingerprint density at radius 1 is 1.09 bits per heavy atom. The lowest BCUT2D eigenvalue weighted by atomic mass is 9.95. The molecule has 0 aliphatic carbocycles. The predicted octanol–water partition coefficient (Wildman–Crippen LogP) is 5.83. The van der Waals surface area contributed by atoms with Gasteiger partial charge in [0.2, 0.25) is 5.16 Å². The maximum atomic E-state index is 12.1. The van der Waals surface area contributed by atoms with Crippen molar-refractivity contribution in [3.8, 4) is 5.75 Å². The maximum absolute atomic E-state index is 12.1. The molecular formula is C25H27N3O3S. The largest absolute Gasteiger partial charge is 0.485 e. The number of aromatic amines is 1. The van der Waals surface area contributed by atoms with Crippen LogP contribution in [0.15, 0.2) is 50.8 Å². The number of aromatic nitrogens is 3. The van der Waals surface area contributed by atoms with Gasteiger partial charge in [0, 0.05) is 17.2 Å². The van der Waals surface area contributed by atoms with Crippen LogP contribution in [0.3, 0.4) is 0 Å². The first-order chi connectivity index (χ1) is 15.3. The van der Waals surface area contributed by atoms with E-state index in [-0.39, 0.29) is 5.63 Å². The third kappa shape index (κ3) is 4.88. The van der Waals surface area contributed by atoms with Crippen LogP contribution >= 0.6 is 11.8 Å². The van der Waals surface area contributed by atoms with Gasteiger partial charge < -0.3 is 9.15 Å². The van der Waals surface area contributed by atoms with Gasteiger partial charge in [-0.2, -0.15) is 0 Å². The first kappa shape index (κ1) is 22.1. The van der Waals surface area contributed by atoms with Gasteiger partial charge in [0.05, 0.1) is 0 Å². The number of benzene rings is 2. The van der Waals surface area contributed by atoms with E-state index in [9.17, 15) is 4.79 Å². The average molecular weight is 450 g/mol. The molecule has 0 bridgehead atoms. The second-order valence-corrected chi connectivity index (χ2v) is 9.30. The predicted molar refractivity (Wildman–Crippen MR) is 128 cm³/mol. The number of hydrogen-bond donors (Lipinski definition) is 1. The minimum Gasteiger partial charge on any atom is -0.485 e. The molecule has 1 N–H and O–H groups in total. The Morgan fingerprint density at radius 3 is 2.69 bits per heavy atom. The van der Waals surface area contributed by atoms with Gasteiger partial charge in [0.25, 0.3) is 0 Å². The maximum Gasteiger partial charge on any atom is 0.336 e. The van der Waals surface area contributed by atoms with Crippen LogP contribution in [0.4, 0.5) is 0 Å². The lowest BCUT2D eigenvalue weighted by Gasteiger charge is -2.12. The molecule has 0 saturated heterocycles. The Balaban J connectivity index is 1.49. The van der Waals surface area contributed by atoms with Gasteiger partial charge in [-0.3, -0.25) is 5.10 Å². The Kier molecular flexibility index (Phi) is 6.37.